The Morgan fingerprint density at radius 3 is 2.20 bits per heavy atom. The fraction of sp³-hybridized carbons (Fsp3) is 0.0800. The van der Waals surface area contributed by atoms with Gasteiger partial charge >= 0.3 is 5.97 Å². The molecule has 0 saturated carbocycles. The van der Waals surface area contributed by atoms with Gasteiger partial charge in [0.15, 0.2) is 0 Å². The Kier molecular flexibility index (Phi) is 6.41. The monoisotopic (exact) mass is 396 g/mol. The van der Waals surface area contributed by atoms with Crippen molar-refractivity contribution in [1.82, 2.24) is 0 Å². The first-order chi connectivity index (χ1) is 14.4. The molecule has 5 heteroatoms. The lowest BCUT2D eigenvalue weighted by atomic mass is 10.1. The standard InChI is InChI=1S/C25H20N2O3/c1-17-6-10-20(11-7-17)25(29)30-23-5-3-4-19(15-23)14-21(16-26)24(28)27-22-12-8-18(2)9-13-22/h3-15H,1-2H3,(H,27,28). The molecule has 1 N–H and O–H groups in total. The van der Waals surface area contributed by atoms with E-state index in [0.717, 1.165) is 11.1 Å². The van der Waals surface area contributed by atoms with Gasteiger partial charge in [0, 0.05) is 5.69 Å². The van der Waals surface area contributed by atoms with Crippen LogP contribution in [0, 0.1) is 25.2 Å². The maximum atomic E-state index is 12.4. The molecule has 3 aromatic rings. The molecule has 30 heavy (non-hydrogen) atoms. The van der Waals surface area contributed by atoms with Crippen molar-refractivity contribution in [1.29, 1.82) is 5.26 Å². The number of hydrogen-bond donors (Lipinski definition) is 1. The first-order valence-electron chi connectivity index (χ1n) is 9.33. The third-order valence-electron chi connectivity index (χ3n) is 4.34. The summed E-state index contributed by atoms with van der Waals surface area (Å²) in [5, 5.41) is 12.1. The van der Waals surface area contributed by atoms with Crippen LogP contribution in [0.5, 0.6) is 5.75 Å². The van der Waals surface area contributed by atoms with Crippen molar-refractivity contribution in [2.75, 3.05) is 5.32 Å². The highest BCUT2D eigenvalue weighted by Crippen LogP contribution is 2.18. The lowest BCUT2D eigenvalue weighted by Gasteiger charge is -2.07. The molecule has 0 aromatic heterocycles. The van der Waals surface area contributed by atoms with E-state index in [0.29, 0.717) is 22.6 Å². The second-order valence-corrected chi connectivity index (χ2v) is 6.82. The van der Waals surface area contributed by atoms with E-state index in [1.807, 2.05) is 44.2 Å². The Morgan fingerprint density at radius 1 is 0.933 bits per heavy atom. The largest absolute Gasteiger partial charge is 0.423 e. The number of benzene rings is 3. The predicted molar refractivity (Wildman–Crippen MR) is 116 cm³/mol. The molecule has 1 amide bonds. The maximum Gasteiger partial charge on any atom is 0.343 e. The summed E-state index contributed by atoms with van der Waals surface area (Å²) in [5.74, 6) is -0.664. The van der Waals surface area contributed by atoms with Crippen molar-refractivity contribution in [2.24, 2.45) is 0 Å². The Labute approximate surface area is 175 Å². The molecule has 0 spiro atoms. The molecule has 0 atom stereocenters. The quantitative estimate of drug-likeness (QED) is 0.283. The molecule has 0 aliphatic carbocycles. The summed E-state index contributed by atoms with van der Waals surface area (Å²) in [4.78, 5) is 24.7. The van der Waals surface area contributed by atoms with E-state index < -0.39 is 11.9 Å². The van der Waals surface area contributed by atoms with Gasteiger partial charge < -0.3 is 10.1 Å². The Hall–Kier alpha value is -4.17. The van der Waals surface area contributed by atoms with E-state index in [9.17, 15) is 14.9 Å². The van der Waals surface area contributed by atoms with E-state index in [1.54, 1.807) is 48.5 Å². The van der Waals surface area contributed by atoms with Crippen LogP contribution in [0.15, 0.2) is 78.4 Å². The molecule has 0 fully saturated rings. The van der Waals surface area contributed by atoms with Gasteiger partial charge in [0.2, 0.25) is 0 Å². The number of hydrogen-bond acceptors (Lipinski definition) is 4. The molecule has 148 valence electrons. The highest BCUT2D eigenvalue weighted by Gasteiger charge is 2.11. The van der Waals surface area contributed by atoms with Gasteiger partial charge in [-0.05, 0) is 61.9 Å². The summed E-state index contributed by atoms with van der Waals surface area (Å²) in [6.45, 7) is 3.89. The van der Waals surface area contributed by atoms with Crippen LogP contribution in [0.2, 0.25) is 0 Å². The Balaban J connectivity index is 1.74. The molecule has 0 unspecified atom stereocenters. The maximum absolute atomic E-state index is 12.4. The third kappa shape index (κ3) is 5.43. The van der Waals surface area contributed by atoms with Crippen molar-refractivity contribution < 1.29 is 14.3 Å². The van der Waals surface area contributed by atoms with Gasteiger partial charge in [0.25, 0.3) is 5.91 Å². The number of carbonyl (C=O) groups excluding carboxylic acids is 2. The number of carbonyl (C=O) groups is 2. The number of aryl methyl sites for hydroxylation is 2. The van der Waals surface area contributed by atoms with Crippen LogP contribution < -0.4 is 10.1 Å². The fourth-order valence-corrected chi connectivity index (χ4v) is 2.67. The van der Waals surface area contributed by atoms with Crippen molar-refractivity contribution in [3.05, 3.63) is 101 Å². The fourth-order valence-electron chi connectivity index (χ4n) is 2.67. The van der Waals surface area contributed by atoms with Crippen LogP contribution in [0.1, 0.15) is 27.0 Å². The zero-order chi connectivity index (χ0) is 21.5. The molecule has 3 aromatic carbocycles. The second kappa shape index (κ2) is 9.35. The molecular formula is C25H20N2O3. The van der Waals surface area contributed by atoms with Crippen molar-refractivity contribution in [3.63, 3.8) is 0 Å². The van der Waals surface area contributed by atoms with Gasteiger partial charge in [0.1, 0.15) is 17.4 Å². The molecule has 0 saturated heterocycles. The van der Waals surface area contributed by atoms with Gasteiger partial charge in [-0.15, -0.1) is 0 Å². The second-order valence-electron chi connectivity index (χ2n) is 6.82. The smallest absolute Gasteiger partial charge is 0.343 e. The number of rotatable bonds is 5. The lowest BCUT2D eigenvalue weighted by molar-refractivity contribution is -0.112. The van der Waals surface area contributed by atoms with Gasteiger partial charge in [-0.1, -0.05) is 47.5 Å². The SMILES string of the molecule is Cc1ccc(NC(=O)C(C#N)=Cc2cccc(OC(=O)c3ccc(C)cc3)c2)cc1. The number of ether oxygens (including phenoxy) is 1. The van der Waals surface area contributed by atoms with Crippen molar-refractivity contribution in [2.45, 2.75) is 13.8 Å². The summed E-state index contributed by atoms with van der Waals surface area (Å²) in [6, 6.07) is 22.9. The highest BCUT2D eigenvalue weighted by atomic mass is 16.5. The molecular weight excluding hydrogens is 376 g/mol. The van der Waals surface area contributed by atoms with Crippen LogP contribution in [0.4, 0.5) is 5.69 Å². The minimum Gasteiger partial charge on any atom is -0.423 e. The molecule has 0 bridgehead atoms. The average Bonchev–Trinajstić information content (AvgIpc) is 2.74. The zero-order valence-electron chi connectivity index (χ0n) is 16.7. The molecule has 5 nitrogen and oxygen atoms in total. The van der Waals surface area contributed by atoms with Crippen LogP contribution in [0.3, 0.4) is 0 Å². The molecule has 0 heterocycles. The van der Waals surface area contributed by atoms with Gasteiger partial charge in [-0.25, -0.2) is 4.79 Å². The average molecular weight is 396 g/mol. The van der Waals surface area contributed by atoms with Crippen LogP contribution >= 0.6 is 0 Å². The van der Waals surface area contributed by atoms with Crippen LogP contribution in [-0.4, -0.2) is 11.9 Å². The molecule has 0 aliphatic rings. The first kappa shape index (κ1) is 20.6. The number of nitrogens with zero attached hydrogens (tertiary/aromatic N) is 1. The summed E-state index contributed by atoms with van der Waals surface area (Å²) >= 11 is 0. The summed E-state index contributed by atoms with van der Waals surface area (Å²) in [7, 11) is 0. The van der Waals surface area contributed by atoms with Crippen molar-refractivity contribution >= 4 is 23.6 Å². The number of esters is 1. The first-order valence-corrected chi connectivity index (χ1v) is 9.33. The number of nitriles is 1. The molecule has 0 radical (unpaired) electrons. The third-order valence-corrected chi connectivity index (χ3v) is 4.34. The topological polar surface area (TPSA) is 79.2 Å². The highest BCUT2D eigenvalue weighted by molar-refractivity contribution is 6.09. The zero-order valence-corrected chi connectivity index (χ0v) is 16.7. The van der Waals surface area contributed by atoms with Gasteiger partial charge in [0.05, 0.1) is 5.56 Å². The normalized spacial score (nSPS) is 10.8. The van der Waals surface area contributed by atoms with Crippen LogP contribution in [0.25, 0.3) is 6.08 Å². The minimum atomic E-state index is -0.511. The number of nitrogens with one attached hydrogen (secondary N) is 1. The lowest BCUT2D eigenvalue weighted by Crippen LogP contribution is -2.13. The summed E-state index contributed by atoms with van der Waals surface area (Å²) in [6.07, 6.45) is 1.45. The van der Waals surface area contributed by atoms with E-state index in [2.05, 4.69) is 5.32 Å². The number of anilines is 1. The van der Waals surface area contributed by atoms with Gasteiger partial charge in [-0.3, -0.25) is 4.79 Å². The molecule has 3 rings (SSSR count). The van der Waals surface area contributed by atoms with E-state index in [-0.39, 0.29) is 5.57 Å². The minimum absolute atomic E-state index is 0.0578. The predicted octanol–water partition coefficient (Wildman–Crippen LogP) is 5.07. The van der Waals surface area contributed by atoms with E-state index >= 15 is 0 Å². The van der Waals surface area contributed by atoms with E-state index in [4.69, 9.17) is 4.74 Å². The Bertz CT molecular complexity index is 1140. The van der Waals surface area contributed by atoms with Gasteiger partial charge in [-0.2, -0.15) is 5.26 Å². The number of amides is 1. The van der Waals surface area contributed by atoms with E-state index in [1.165, 1.54) is 6.08 Å². The van der Waals surface area contributed by atoms with Crippen LogP contribution in [-0.2, 0) is 4.79 Å². The molecule has 0 aliphatic heterocycles. The Morgan fingerprint density at radius 2 is 1.57 bits per heavy atom. The summed E-state index contributed by atoms with van der Waals surface area (Å²) < 4.78 is 5.41. The summed E-state index contributed by atoms with van der Waals surface area (Å²) in [5.41, 5.74) is 3.68. The van der Waals surface area contributed by atoms with Crippen molar-refractivity contribution in [3.8, 4) is 11.8 Å².